The number of rotatable bonds is 7. The van der Waals surface area contributed by atoms with Crippen molar-refractivity contribution in [3.63, 3.8) is 0 Å². The summed E-state index contributed by atoms with van der Waals surface area (Å²) in [5, 5.41) is 5.60. The smallest absolute Gasteiger partial charge is 0.330 e. The molecule has 0 aromatic rings. The molecule has 1 rings (SSSR count). The standard InChI is InChI=1S/C11H17N3O4/c1-2-11(17)18-8-10(16)13-4-6-14-5-3-12-9(14)7-15/h2,7,9,12H,1,3-6,8H2,(H,13,16). The second kappa shape index (κ2) is 7.57. The third-order valence-corrected chi connectivity index (χ3v) is 2.51. The van der Waals surface area contributed by atoms with Crippen LogP contribution in [-0.4, -0.2) is 62.0 Å². The maximum atomic E-state index is 11.3. The normalized spacial score (nSPS) is 19.2. The topological polar surface area (TPSA) is 87.7 Å². The van der Waals surface area contributed by atoms with Crippen molar-refractivity contribution in [2.75, 3.05) is 32.8 Å². The lowest BCUT2D eigenvalue weighted by atomic mass is 10.4. The molecule has 1 unspecified atom stereocenters. The molecule has 0 aliphatic carbocycles. The van der Waals surface area contributed by atoms with E-state index in [1.54, 1.807) is 0 Å². The highest BCUT2D eigenvalue weighted by Crippen LogP contribution is 1.98. The van der Waals surface area contributed by atoms with Crippen LogP contribution in [0.2, 0.25) is 0 Å². The molecule has 2 N–H and O–H groups in total. The molecule has 1 heterocycles. The van der Waals surface area contributed by atoms with Crippen molar-refractivity contribution in [2.24, 2.45) is 0 Å². The fraction of sp³-hybridized carbons (Fsp3) is 0.545. The summed E-state index contributed by atoms with van der Waals surface area (Å²) < 4.78 is 4.57. The average molecular weight is 255 g/mol. The Morgan fingerprint density at radius 1 is 1.56 bits per heavy atom. The minimum Gasteiger partial charge on any atom is -0.452 e. The van der Waals surface area contributed by atoms with Gasteiger partial charge in [-0.25, -0.2) is 4.79 Å². The minimum atomic E-state index is -0.630. The molecular weight excluding hydrogens is 238 g/mol. The van der Waals surface area contributed by atoms with E-state index in [0.717, 1.165) is 25.5 Å². The molecule has 0 bridgehead atoms. The lowest BCUT2D eigenvalue weighted by Crippen LogP contribution is -2.42. The first-order valence-corrected chi connectivity index (χ1v) is 5.66. The van der Waals surface area contributed by atoms with E-state index in [9.17, 15) is 14.4 Å². The van der Waals surface area contributed by atoms with E-state index < -0.39 is 5.97 Å². The summed E-state index contributed by atoms with van der Waals surface area (Å²) in [6.45, 7) is 5.39. The van der Waals surface area contributed by atoms with Crippen LogP contribution in [0.25, 0.3) is 0 Å². The molecule has 18 heavy (non-hydrogen) atoms. The van der Waals surface area contributed by atoms with Gasteiger partial charge in [-0.05, 0) is 0 Å². The first kappa shape index (κ1) is 14.3. The van der Waals surface area contributed by atoms with Crippen LogP contribution in [-0.2, 0) is 19.1 Å². The molecule has 1 fully saturated rings. The highest BCUT2D eigenvalue weighted by atomic mass is 16.5. The summed E-state index contributed by atoms with van der Waals surface area (Å²) in [4.78, 5) is 34.6. The summed E-state index contributed by atoms with van der Waals surface area (Å²) >= 11 is 0. The number of esters is 1. The van der Waals surface area contributed by atoms with Gasteiger partial charge in [0.15, 0.2) is 12.9 Å². The molecule has 7 nitrogen and oxygen atoms in total. The van der Waals surface area contributed by atoms with Crippen molar-refractivity contribution in [1.29, 1.82) is 0 Å². The van der Waals surface area contributed by atoms with E-state index in [1.165, 1.54) is 0 Å². The number of aldehydes is 1. The van der Waals surface area contributed by atoms with Crippen LogP contribution in [0.4, 0.5) is 0 Å². The number of nitrogens with one attached hydrogen (secondary N) is 2. The fourth-order valence-corrected chi connectivity index (χ4v) is 1.59. The lowest BCUT2D eigenvalue weighted by Gasteiger charge is -2.19. The quantitative estimate of drug-likeness (QED) is 0.319. The fourth-order valence-electron chi connectivity index (χ4n) is 1.59. The lowest BCUT2D eigenvalue weighted by molar-refractivity contribution is -0.143. The van der Waals surface area contributed by atoms with E-state index in [0.29, 0.717) is 13.1 Å². The highest BCUT2D eigenvalue weighted by molar-refractivity contribution is 5.85. The summed E-state index contributed by atoms with van der Waals surface area (Å²) in [6, 6.07) is 0. The zero-order chi connectivity index (χ0) is 13.4. The molecular formula is C11H17N3O4. The van der Waals surface area contributed by atoms with Crippen LogP contribution in [0.5, 0.6) is 0 Å². The Hall–Kier alpha value is -1.73. The molecule has 0 saturated carbocycles. The molecule has 1 atom stereocenters. The van der Waals surface area contributed by atoms with Crippen molar-refractivity contribution < 1.29 is 19.1 Å². The molecule has 7 heteroatoms. The summed E-state index contributed by atoms with van der Waals surface area (Å²) in [5.41, 5.74) is 0. The van der Waals surface area contributed by atoms with Gasteiger partial charge in [0.05, 0.1) is 0 Å². The van der Waals surface area contributed by atoms with Crippen LogP contribution in [0.15, 0.2) is 12.7 Å². The SMILES string of the molecule is C=CC(=O)OCC(=O)NCCN1CCNC1C=O. The van der Waals surface area contributed by atoms with Crippen LogP contribution in [0.1, 0.15) is 0 Å². The van der Waals surface area contributed by atoms with Crippen molar-refractivity contribution in [3.8, 4) is 0 Å². The first-order valence-electron chi connectivity index (χ1n) is 5.66. The second-order valence-corrected chi connectivity index (χ2v) is 3.73. The maximum absolute atomic E-state index is 11.3. The van der Waals surface area contributed by atoms with Gasteiger partial charge in [0.1, 0.15) is 6.17 Å². The Morgan fingerprint density at radius 2 is 2.33 bits per heavy atom. The van der Waals surface area contributed by atoms with Gasteiger partial charge in [-0.3, -0.25) is 15.0 Å². The van der Waals surface area contributed by atoms with Crippen LogP contribution in [0.3, 0.4) is 0 Å². The summed E-state index contributed by atoms with van der Waals surface area (Å²) in [6.07, 6.45) is 1.55. The Kier molecular flexibility index (Phi) is 6.03. The number of hydrogen-bond acceptors (Lipinski definition) is 6. The van der Waals surface area contributed by atoms with Crippen molar-refractivity contribution >= 4 is 18.2 Å². The Bertz CT molecular complexity index is 332. The Balaban J connectivity index is 2.13. The van der Waals surface area contributed by atoms with Gasteiger partial charge in [0.25, 0.3) is 5.91 Å². The largest absolute Gasteiger partial charge is 0.452 e. The van der Waals surface area contributed by atoms with Gasteiger partial charge in [0, 0.05) is 32.3 Å². The predicted molar refractivity (Wildman–Crippen MR) is 63.6 cm³/mol. The number of carbonyl (C=O) groups excluding carboxylic acids is 3. The third-order valence-electron chi connectivity index (χ3n) is 2.51. The average Bonchev–Trinajstić information content (AvgIpc) is 2.83. The van der Waals surface area contributed by atoms with E-state index in [-0.39, 0.29) is 18.7 Å². The Morgan fingerprint density at radius 3 is 3.00 bits per heavy atom. The molecule has 1 aliphatic rings. The molecule has 1 saturated heterocycles. The summed E-state index contributed by atoms with van der Waals surface area (Å²) in [5.74, 6) is -1.00. The zero-order valence-corrected chi connectivity index (χ0v) is 10.1. The van der Waals surface area contributed by atoms with Gasteiger partial charge in [-0.15, -0.1) is 0 Å². The van der Waals surface area contributed by atoms with Crippen LogP contribution < -0.4 is 10.6 Å². The number of amides is 1. The zero-order valence-electron chi connectivity index (χ0n) is 10.1. The van der Waals surface area contributed by atoms with Crippen LogP contribution >= 0.6 is 0 Å². The molecule has 1 amide bonds. The monoisotopic (exact) mass is 255 g/mol. The van der Waals surface area contributed by atoms with E-state index in [1.807, 2.05) is 4.90 Å². The maximum Gasteiger partial charge on any atom is 0.330 e. The van der Waals surface area contributed by atoms with Crippen molar-refractivity contribution in [1.82, 2.24) is 15.5 Å². The minimum absolute atomic E-state index is 0.277. The first-order chi connectivity index (χ1) is 8.67. The predicted octanol–water partition coefficient (Wildman–Crippen LogP) is -1.74. The number of nitrogens with zero attached hydrogens (tertiary/aromatic N) is 1. The molecule has 1 aliphatic heterocycles. The molecule has 0 aromatic heterocycles. The number of carbonyl (C=O) groups is 3. The van der Waals surface area contributed by atoms with E-state index in [2.05, 4.69) is 21.9 Å². The van der Waals surface area contributed by atoms with Crippen molar-refractivity contribution in [3.05, 3.63) is 12.7 Å². The van der Waals surface area contributed by atoms with Crippen molar-refractivity contribution in [2.45, 2.75) is 6.17 Å². The second-order valence-electron chi connectivity index (χ2n) is 3.73. The number of ether oxygens (including phenoxy) is 1. The molecule has 0 spiro atoms. The van der Waals surface area contributed by atoms with Gasteiger partial charge in [0.2, 0.25) is 0 Å². The van der Waals surface area contributed by atoms with E-state index >= 15 is 0 Å². The van der Waals surface area contributed by atoms with Gasteiger partial charge < -0.3 is 14.8 Å². The van der Waals surface area contributed by atoms with E-state index in [4.69, 9.17) is 0 Å². The third kappa shape index (κ3) is 4.64. The van der Waals surface area contributed by atoms with Crippen LogP contribution in [0, 0.1) is 0 Å². The number of hydrogen-bond donors (Lipinski definition) is 2. The molecule has 0 aromatic carbocycles. The van der Waals surface area contributed by atoms with Gasteiger partial charge in [-0.2, -0.15) is 0 Å². The molecule has 0 radical (unpaired) electrons. The van der Waals surface area contributed by atoms with Gasteiger partial charge >= 0.3 is 5.97 Å². The molecule has 100 valence electrons. The van der Waals surface area contributed by atoms with Gasteiger partial charge in [-0.1, -0.05) is 6.58 Å². The summed E-state index contributed by atoms with van der Waals surface area (Å²) in [7, 11) is 0. The Labute approximate surface area is 105 Å². The highest BCUT2D eigenvalue weighted by Gasteiger charge is 2.22.